The van der Waals surface area contributed by atoms with Crippen LogP contribution in [0.3, 0.4) is 0 Å². The van der Waals surface area contributed by atoms with Gasteiger partial charge in [-0.25, -0.2) is 4.39 Å². The third-order valence-corrected chi connectivity index (χ3v) is 3.76. The second-order valence-corrected chi connectivity index (χ2v) is 5.56. The van der Waals surface area contributed by atoms with Crippen molar-refractivity contribution in [2.45, 2.75) is 25.8 Å². The number of nitrogens with one attached hydrogen (secondary N) is 1. The fraction of sp³-hybridized carbons (Fsp3) is 0.211. The smallest absolute Gasteiger partial charge is 0.226 e. The van der Waals surface area contributed by atoms with Gasteiger partial charge in [-0.2, -0.15) is 10.2 Å². The molecule has 0 aliphatic carbocycles. The van der Waals surface area contributed by atoms with E-state index in [1.165, 1.54) is 6.07 Å². The molecule has 0 bridgehead atoms. The Hall–Kier alpha value is -3.20. The van der Waals surface area contributed by atoms with Crippen molar-refractivity contribution in [3.63, 3.8) is 0 Å². The lowest BCUT2D eigenvalue weighted by atomic mass is 10.0. The molecule has 25 heavy (non-hydrogen) atoms. The van der Waals surface area contributed by atoms with Crippen molar-refractivity contribution >= 4 is 5.69 Å². The fourth-order valence-electron chi connectivity index (χ4n) is 2.56. The average molecular weight is 336 g/mol. The maximum Gasteiger partial charge on any atom is 0.226 e. The zero-order valence-corrected chi connectivity index (χ0v) is 13.7. The van der Waals surface area contributed by atoms with Crippen LogP contribution in [-0.4, -0.2) is 10.1 Å². The van der Waals surface area contributed by atoms with E-state index >= 15 is 0 Å². The zero-order valence-electron chi connectivity index (χ0n) is 13.7. The molecule has 0 radical (unpaired) electrons. The molecule has 126 valence electrons. The highest BCUT2D eigenvalue weighted by atomic mass is 19.1. The van der Waals surface area contributed by atoms with Gasteiger partial charge in [0.2, 0.25) is 5.89 Å². The quantitative estimate of drug-likeness (QED) is 0.729. The third kappa shape index (κ3) is 3.66. The highest BCUT2D eigenvalue weighted by Crippen LogP contribution is 2.27. The van der Waals surface area contributed by atoms with Crippen molar-refractivity contribution in [1.29, 1.82) is 5.26 Å². The number of aryl methyl sites for hydroxylation is 1. The second-order valence-electron chi connectivity index (χ2n) is 5.56. The molecule has 0 fully saturated rings. The Morgan fingerprint density at radius 3 is 2.72 bits per heavy atom. The Kier molecular flexibility index (Phi) is 5.05. The normalized spacial score (nSPS) is 11.7. The highest BCUT2D eigenvalue weighted by molar-refractivity contribution is 5.59. The summed E-state index contributed by atoms with van der Waals surface area (Å²) in [5.74, 6) is 0.432. The van der Waals surface area contributed by atoms with Gasteiger partial charge in [0.05, 0.1) is 5.69 Å². The van der Waals surface area contributed by atoms with Crippen LogP contribution in [-0.2, 0) is 6.42 Å². The topological polar surface area (TPSA) is 74.7 Å². The van der Waals surface area contributed by atoms with Crippen molar-refractivity contribution in [3.8, 4) is 6.07 Å². The standard InChI is InChI=1S/C19H17FN4O/c1-2-7-17-23-19(24-25-17)18(13-8-4-3-5-9-13)22-16-11-6-10-15(20)14(16)12-21/h3-6,8-11,18,22H,2,7H2,1H3. The summed E-state index contributed by atoms with van der Waals surface area (Å²) in [6.45, 7) is 2.03. The number of nitrogens with zero attached hydrogens (tertiary/aromatic N) is 3. The van der Waals surface area contributed by atoms with Crippen LogP contribution in [0.2, 0.25) is 0 Å². The van der Waals surface area contributed by atoms with Crippen LogP contribution < -0.4 is 5.32 Å². The van der Waals surface area contributed by atoms with Gasteiger partial charge in [0, 0.05) is 6.42 Å². The fourth-order valence-corrected chi connectivity index (χ4v) is 2.56. The van der Waals surface area contributed by atoms with Gasteiger partial charge in [-0.15, -0.1) is 0 Å². The molecule has 5 nitrogen and oxygen atoms in total. The summed E-state index contributed by atoms with van der Waals surface area (Å²) in [6, 6.07) is 15.4. The monoisotopic (exact) mass is 336 g/mol. The van der Waals surface area contributed by atoms with Crippen molar-refractivity contribution in [2.24, 2.45) is 0 Å². The first kappa shape index (κ1) is 16.7. The summed E-state index contributed by atoms with van der Waals surface area (Å²) in [4.78, 5) is 4.43. The number of rotatable bonds is 6. The molecule has 0 amide bonds. The van der Waals surface area contributed by atoms with Crippen LogP contribution >= 0.6 is 0 Å². The maximum atomic E-state index is 13.9. The van der Waals surface area contributed by atoms with E-state index in [1.807, 2.05) is 43.3 Å². The summed E-state index contributed by atoms with van der Waals surface area (Å²) in [6.07, 6.45) is 1.59. The number of halogens is 1. The predicted molar refractivity (Wildman–Crippen MR) is 91.3 cm³/mol. The predicted octanol–water partition coefficient (Wildman–Crippen LogP) is 4.23. The van der Waals surface area contributed by atoms with E-state index in [1.54, 1.807) is 12.1 Å². The summed E-state index contributed by atoms with van der Waals surface area (Å²) in [5, 5.41) is 16.5. The van der Waals surface area contributed by atoms with E-state index in [9.17, 15) is 9.65 Å². The van der Waals surface area contributed by atoms with Gasteiger partial charge in [0.1, 0.15) is 23.5 Å². The Morgan fingerprint density at radius 1 is 1.20 bits per heavy atom. The van der Waals surface area contributed by atoms with Gasteiger partial charge in [0.25, 0.3) is 0 Å². The van der Waals surface area contributed by atoms with Gasteiger partial charge in [-0.3, -0.25) is 0 Å². The summed E-state index contributed by atoms with van der Waals surface area (Å²) in [5.41, 5.74) is 1.23. The summed E-state index contributed by atoms with van der Waals surface area (Å²) >= 11 is 0. The van der Waals surface area contributed by atoms with Gasteiger partial charge in [0.15, 0.2) is 5.82 Å². The molecule has 6 heteroatoms. The van der Waals surface area contributed by atoms with Crippen LogP contribution in [0.4, 0.5) is 10.1 Å². The number of aromatic nitrogens is 2. The third-order valence-electron chi connectivity index (χ3n) is 3.76. The van der Waals surface area contributed by atoms with E-state index < -0.39 is 11.9 Å². The van der Waals surface area contributed by atoms with Crippen molar-refractivity contribution in [3.05, 3.63) is 77.2 Å². The molecule has 0 saturated carbocycles. The van der Waals surface area contributed by atoms with Crippen LogP contribution in [0.15, 0.2) is 53.1 Å². The van der Waals surface area contributed by atoms with Gasteiger partial charge >= 0.3 is 0 Å². The Balaban J connectivity index is 2.00. The Labute approximate surface area is 145 Å². The molecule has 0 saturated heterocycles. The molecule has 1 aromatic heterocycles. The molecule has 3 aromatic rings. The molecule has 2 aromatic carbocycles. The first-order valence-electron chi connectivity index (χ1n) is 8.05. The van der Waals surface area contributed by atoms with Crippen molar-refractivity contribution < 1.29 is 8.91 Å². The van der Waals surface area contributed by atoms with Gasteiger partial charge in [-0.1, -0.05) is 48.5 Å². The lowest BCUT2D eigenvalue weighted by molar-refractivity contribution is 0.371. The molecule has 1 unspecified atom stereocenters. The second kappa shape index (κ2) is 7.58. The summed E-state index contributed by atoms with van der Waals surface area (Å²) in [7, 11) is 0. The lowest BCUT2D eigenvalue weighted by Crippen LogP contribution is -2.15. The molecule has 0 aliphatic rings. The Morgan fingerprint density at radius 2 is 2.00 bits per heavy atom. The van der Waals surface area contributed by atoms with E-state index in [2.05, 4.69) is 15.5 Å². The van der Waals surface area contributed by atoms with Gasteiger partial charge in [-0.05, 0) is 24.1 Å². The largest absolute Gasteiger partial charge is 0.370 e. The van der Waals surface area contributed by atoms with Gasteiger partial charge < -0.3 is 9.84 Å². The molecule has 0 spiro atoms. The first-order valence-corrected chi connectivity index (χ1v) is 8.05. The molecular weight excluding hydrogens is 319 g/mol. The van der Waals surface area contributed by atoms with Crippen molar-refractivity contribution in [1.82, 2.24) is 10.1 Å². The SMILES string of the molecule is CCCc1nc(C(Nc2cccc(F)c2C#N)c2ccccc2)no1. The van der Waals surface area contributed by atoms with Crippen LogP contribution in [0.25, 0.3) is 0 Å². The number of nitriles is 1. The zero-order chi connectivity index (χ0) is 17.6. The van der Waals surface area contributed by atoms with E-state index in [-0.39, 0.29) is 5.56 Å². The molecule has 1 N–H and O–H groups in total. The number of anilines is 1. The molecular formula is C19H17FN4O. The van der Waals surface area contributed by atoms with E-state index in [0.29, 0.717) is 23.8 Å². The van der Waals surface area contributed by atoms with E-state index in [4.69, 9.17) is 4.52 Å². The molecule has 0 aliphatic heterocycles. The summed E-state index contributed by atoms with van der Waals surface area (Å²) < 4.78 is 19.2. The van der Waals surface area contributed by atoms with Crippen LogP contribution in [0.1, 0.15) is 42.2 Å². The Bertz CT molecular complexity index is 886. The van der Waals surface area contributed by atoms with E-state index in [0.717, 1.165) is 12.0 Å². The average Bonchev–Trinajstić information content (AvgIpc) is 3.09. The minimum absolute atomic E-state index is 0.0410. The van der Waals surface area contributed by atoms with Crippen molar-refractivity contribution in [2.75, 3.05) is 5.32 Å². The molecule has 1 atom stereocenters. The number of hydrogen-bond acceptors (Lipinski definition) is 5. The highest BCUT2D eigenvalue weighted by Gasteiger charge is 2.22. The number of benzene rings is 2. The first-order chi connectivity index (χ1) is 12.2. The van der Waals surface area contributed by atoms with Crippen LogP contribution in [0, 0.1) is 17.1 Å². The molecule has 3 rings (SSSR count). The minimum atomic E-state index is -0.570. The molecule has 1 heterocycles. The maximum absolute atomic E-state index is 13.9. The number of hydrogen-bond donors (Lipinski definition) is 1. The minimum Gasteiger partial charge on any atom is -0.370 e. The lowest BCUT2D eigenvalue weighted by Gasteiger charge is -2.18. The van der Waals surface area contributed by atoms with Crippen LogP contribution in [0.5, 0.6) is 0 Å².